The molecule has 9 heteroatoms. The summed E-state index contributed by atoms with van der Waals surface area (Å²) in [6.45, 7) is 3.13. The second kappa shape index (κ2) is 8.57. The number of carbonyl (C=O) groups is 1. The number of nitrogens with one attached hydrogen (secondary N) is 1. The zero-order valence-electron chi connectivity index (χ0n) is 12.3. The van der Waals surface area contributed by atoms with Gasteiger partial charge in [-0.1, -0.05) is 12.1 Å². The molecule has 0 aliphatic heterocycles. The molecule has 0 aromatic heterocycles. The molecule has 0 heterocycles. The van der Waals surface area contributed by atoms with Crippen molar-refractivity contribution in [1.29, 1.82) is 0 Å². The molecule has 0 bridgehead atoms. The lowest BCUT2D eigenvalue weighted by atomic mass is 10.2. The second-order valence-electron chi connectivity index (χ2n) is 4.44. The van der Waals surface area contributed by atoms with Gasteiger partial charge in [0.25, 0.3) is 0 Å². The molecular formula is C13H18Cl2N2O4S. The highest BCUT2D eigenvalue weighted by atomic mass is 35.5. The maximum absolute atomic E-state index is 12.3. The van der Waals surface area contributed by atoms with E-state index in [0.717, 1.165) is 4.41 Å². The Balaban J connectivity index is 2.84. The third-order valence-electron chi connectivity index (χ3n) is 2.53. The van der Waals surface area contributed by atoms with Crippen LogP contribution in [0.25, 0.3) is 0 Å². The summed E-state index contributed by atoms with van der Waals surface area (Å²) in [5.74, 6) is -0.233. The van der Waals surface area contributed by atoms with E-state index in [-0.39, 0.29) is 18.9 Å². The summed E-state index contributed by atoms with van der Waals surface area (Å²) in [4.78, 5) is 10.4. The van der Waals surface area contributed by atoms with Crippen molar-refractivity contribution >= 4 is 39.1 Å². The number of nitrogens with zero attached hydrogens (tertiary/aromatic N) is 1. The van der Waals surface area contributed by atoms with Crippen LogP contribution in [0, 0.1) is 0 Å². The van der Waals surface area contributed by atoms with Crippen molar-refractivity contribution in [3.05, 3.63) is 29.8 Å². The van der Waals surface area contributed by atoms with Crippen LogP contribution in [0.15, 0.2) is 24.3 Å². The molecule has 1 N–H and O–H groups in total. The molecule has 0 atom stereocenters. The van der Waals surface area contributed by atoms with Gasteiger partial charge in [-0.3, -0.25) is 10.2 Å². The normalized spacial score (nSPS) is 11.7. The van der Waals surface area contributed by atoms with Crippen molar-refractivity contribution in [2.24, 2.45) is 0 Å². The van der Waals surface area contributed by atoms with Crippen molar-refractivity contribution in [3.63, 3.8) is 0 Å². The lowest BCUT2D eigenvalue weighted by Gasteiger charge is -2.20. The van der Waals surface area contributed by atoms with Crippen molar-refractivity contribution in [2.45, 2.75) is 24.4 Å². The van der Waals surface area contributed by atoms with E-state index >= 15 is 0 Å². The lowest BCUT2D eigenvalue weighted by molar-refractivity contribution is -0.121. The summed E-state index contributed by atoms with van der Waals surface area (Å²) >= 11 is 11.2. The number of carbonyl (C=O) groups excluding carboxylic acids is 1. The van der Waals surface area contributed by atoms with Gasteiger partial charge >= 0.3 is 0 Å². The first-order chi connectivity index (χ1) is 10.2. The summed E-state index contributed by atoms with van der Waals surface area (Å²) in [6.07, 6.45) is 0. The Labute approximate surface area is 140 Å². The zero-order valence-corrected chi connectivity index (χ0v) is 14.6. The maximum Gasteiger partial charge on any atom is 0.235 e. The van der Waals surface area contributed by atoms with Gasteiger partial charge in [-0.05, 0) is 24.6 Å². The Bertz CT molecular complexity index is 608. The fraction of sp³-hybridized carbons (Fsp3) is 0.462. The van der Waals surface area contributed by atoms with E-state index < -0.39 is 20.8 Å². The number of amides is 1. The van der Waals surface area contributed by atoms with Crippen LogP contribution in [0.5, 0.6) is 5.75 Å². The highest BCUT2D eigenvalue weighted by molar-refractivity contribution is 7.88. The first kappa shape index (κ1) is 19.0. The van der Waals surface area contributed by atoms with Crippen molar-refractivity contribution in [2.75, 3.05) is 13.2 Å². The van der Waals surface area contributed by atoms with Gasteiger partial charge in [0, 0.05) is 13.5 Å². The second-order valence-corrected chi connectivity index (χ2v) is 7.61. The molecule has 1 aromatic carbocycles. The van der Waals surface area contributed by atoms with E-state index in [1.165, 1.54) is 6.92 Å². The Kier molecular flexibility index (Phi) is 7.41. The molecular weight excluding hydrogens is 351 g/mol. The summed E-state index contributed by atoms with van der Waals surface area (Å²) in [6, 6.07) is 6.60. The number of hydrogen-bond acceptors (Lipinski definition) is 4. The molecule has 0 saturated carbocycles. The predicted molar refractivity (Wildman–Crippen MR) is 86.3 cm³/mol. The SMILES string of the molecule is CCN(NC(C)=O)S(=O)(=O)Cc1cccc(OCC(Cl)Cl)c1. The van der Waals surface area contributed by atoms with Gasteiger partial charge in [-0.15, -0.1) is 27.6 Å². The molecule has 1 amide bonds. The molecule has 1 aromatic rings. The number of benzene rings is 1. The van der Waals surface area contributed by atoms with Gasteiger partial charge in [0.2, 0.25) is 15.9 Å². The number of rotatable bonds is 8. The number of halogens is 2. The summed E-state index contributed by atoms with van der Waals surface area (Å²) in [5, 5.41) is 0. The molecule has 22 heavy (non-hydrogen) atoms. The standard InChI is InChI=1S/C13H18Cl2N2O4S/c1-3-17(16-10(2)18)22(19,20)9-11-5-4-6-12(7-11)21-8-13(14)15/h4-7,13H,3,8-9H2,1-2H3,(H,16,18). The zero-order chi connectivity index (χ0) is 16.8. The molecule has 0 aliphatic carbocycles. The van der Waals surface area contributed by atoms with Crippen LogP contribution in [0.4, 0.5) is 0 Å². The fourth-order valence-electron chi connectivity index (χ4n) is 1.69. The van der Waals surface area contributed by atoms with Crippen LogP contribution in [-0.4, -0.2) is 36.7 Å². The summed E-state index contributed by atoms with van der Waals surface area (Å²) in [7, 11) is -3.67. The predicted octanol–water partition coefficient (Wildman–Crippen LogP) is 2.07. The van der Waals surface area contributed by atoms with Gasteiger partial charge in [-0.25, -0.2) is 8.42 Å². The average molecular weight is 369 g/mol. The third kappa shape index (κ3) is 6.39. The minimum Gasteiger partial charge on any atom is -0.491 e. The number of hydrogen-bond donors (Lipinski definition) is 1. The summed E-state index contributed by atoms with van der Waals surface area (Å²) < 4.78 is 30.8. The Morgan fingerprint density at radius 2 is 2.09 bits per heavy atom. The Morgan fingerprint density at radius 1 is 1.41 bits per heavy atom. The van der Waals surface area contributed by atoms with E-state index in [4.69, 9.17) is 27.9 Å². The van der Waals surface area contributed by atoms with Gasteiger partial charge in [0.1, 0.15) is 17.2 Å². The lowest BCUT2D eigenvalue weighted by Crippen LogP contribution is -2.45. The molecule has 0 saturated heterocycles. The number of alkyl halides is 2. The maximum atomic E-state index is 12.3. The van der Waals surface area contributed by atoms with Crippen LogP contribution in [0.1, 0.15) is 19.4 Å². The van der Waals surface area contributed by atoms with E-state index in [9.17, 15) is 13.2 Å². The Morgan fingerprint density at radius 3 is 2.64 bits per heavy atom. The van der Waals surface area contributed by atoms with Crippen molar-refractivity contribution in [1.82, 2.24) is 9.84 Å². The fourth-order valence-corrected chi connectivity index (χ4v) is 3.24. The van der Waals surface area contributed by atoms with Crippen LogP contribution in [0.3, 0.4) is 0 Å². The first-order valence-electron chi connectivity index (χ1n) is 6.52. The summed E-state index contributed by atoms with van der Waals surface area (Å²) in [5.41, 5.74) is 2.81. The number of hydrazine groups is 1. The van der Waals surface area contributed by atoms with Gasteiger partial charge < -0.3 is 4.74 Å². The molecule has 1 rings (SSSR count). The molecule has 0 fully saturated rings. The largest absolute Gasteiger partial charge is 0.491 e. The third-order valence-corrected chi connectivity index (χ3v) is 4.50. The molecule has 0 spiro atoms. The van der Waals surface area contributed by atoms with Crippen molar-refractivity contribution < 1.29 is 17.9 Å². The topological polar surface area (TPSA) is 75.7 Å². The molecule has 124 valence electrons. The monoisotopic (exact) mass is 368 g/mol. The number of sulfonamides is 1. The number of ether oxygens (including phenoxy) is 1. The van der Waals surface area contributed by atoms with Crippen LogP contribution in [-0.2, 0) is 20.6 Å². The van der Waals surface area contributed by atoms with E-state index in [0.29, 0.717) is 11.3 Å². The van der Waals surface area contributed by atoms with Crippen LogP contribution >= 0.6 is 23.2 Å². The Hall–Kier alpha value is -1.02. The van der Waals surface area contributed by atoms with E-state index in [1.807, 2.05) is 0 Å². The van der Waals surface area contributed by atoms with Gasteiger partial charge in [0.15, 0.2) is 0 Å². The molecule has 0 unspecified atom stereocenters. The minimum atomic E-state index is -3.67. The van der Waals surface area contributed by atoms with Crippen LogP contribution in [0.2, 0.25) is 0 Å². The molecule has 6 nitrogen and oxygen atoms in total. The van der Waals surface area contributed by atoms with Crippen molar-refractivity contribution in [3.8, 4) is 5.75 Å². The van der Waals surface area contributed by atoms with Gasteiger partial charge in [-0.2, -0.15) is 0 Å². The van der Waals surface area contributed by atoms with E-state index in [1.54, 1.807) is 31.2 Å². The van der Waals surface area contributed by atoms with Crippen LogP contribution < -0.4 is 10.2 Å². The quantitative estimate of drug-likeness (QED) is 0.562. The van der Waals surface area contributed by atoms with E-state index in [2.05, 4.69) is 5.43 Å². The minimum absolute atomic E-state index is 0.103. The van der Waals surface area contributed by atoms with Gasteiger partial charge in [0.05, 0.1) is 5.75 Å². The highest BCUT2D eigenvalue weighted by Crippen LogP contribution is 2.18. The molecule has 0 aliphatic rings. The average Bonchev–Trinajstić information content (AvgIpc) is 2.42. The first-order valence-corrected chi connectivity index (χ1v) is 9.00. The smallest absolute Gasteiger partial charge is 0.235 e. The molecule has 0 radical (unpaired) electrons. The highest BCUT2D eigenvalue weighted by Gasteiger charge is 2.22.